The van der Waals surface area contributed by atoms with E-state index in [-0.39, 0.29) is 12.4 Å². The van der Waals surface area contributed by atoms with Gasteiger partial charge in [0, 0.05) is 24.3 Å². The normalized spacial score (nSPS) is 25.3. The lowest BCUT2D eigenvalue weighted by Crippen LogP contribution is -2.42. The maximum absolute atomic E-state index is 5.81. The Bertz CT molecular complexity index is 344. The standard InChI is InChI=1S/C14H22N2.ClH/c1-11-5-3-6-12(2)16(11)10-13-7-4-8-14(15)9-13;/h4,7-9,11-12H,3,5-6,10,15H2,1-2H3;1H/t11-,12+;. The number of nitrogen functional groups attached to an aromatic ring is 1. The highest BCUT2D eigenvalue weighted by molar-refractivity contribution is 5.85. The number of hydrogen-bond donors (Lipinski definition) is 1. The van der Waals surface area contributed by atoms with Crippen molar-refractivity contribution in [3.05, 3.63) is 29.8 Å². The fraction of sp³-hybridized carbons (Fsp3) is 0.571. The van der Waals surface area contributed by atoms with Crippen LogP contribution in [0.1, 0.15) is 38.7 Å². The largest absolute Gasteiger partial charge is 0.399 e. The van der Waals surface area contributed by atoms with Crippen molar-refractivity contribution in [2.45, 2.75) is 51.7 Å². The molecule has 0 aliphatic carbocycles. The van der Waals surface area contributed by atoms with Gasteiger partial charge >= 0.3 is 0 Å². The van der Waals surface area contributed by atoms with Gasteiger partial charge in [-0.05, 0) is 44.4 Å². The van der Waals surface area contributed by atoms with Crippen LogP contribution < -0.4 is 5.73 Å². The Kier molecular flexibility index (Phi) is 5.29. The summed E-state index contributed by atoms with van der Waals surface area (Å²) in [5.41, 5.74) is 8.02. The van der Waals surface area contributed by atoms with Crippen molar-refractivity contribution in [3.63, 3.8) is 0 Å². The highest BCUT2D eigenvalue weighted by Gasteiger charge is 2.24. The summed E-state index contributed by atoms with van der Waals surface area (Å²) < 4.78 is 0. The van der Waals surface area contributed by atoms with Crippen molar-refractivity contribution >= 4 is 18.1 Å². The number of rotatable bonds is 2. The predicted molar refractivity (Wildman–Crippen MR) is 76.4 cm³/mol. The van der Waals surface area contributed by atoms with E-state index in [1.165, 1.54) is 24.8 Å². The van der Waals surface area contributed by atoms with Crippen molar-refractivity contribution in [2.24, 2.45) is 0 Å². The van der Waals surface area contributed by atoms with Gasteiger partial charge in [0.2, 0.25) is 0 Å². The molecule has 2 N–H and O–H groups in total. The molecule has 2 nitrogen and oxygen atoms in total. The molecule has 1 aromatic carbocycles. The van der Waals surface area contributed by atoms with Crippen LogP contribution in [0.5, 0.6) is 0 Å². The molecule has 0 amide bonds. The molecule has 17 heavy (non-hydrogen) atoms. The maximum Gasteiger partial charge on any atom is 0.0317 e. The van der Waals surface area contributed by atoms with E-state index in [0.29, 0.717) is 12.1 Å². The number of halogens is 1. The van der Waals surface area contributed by atoms with E-state index in [2.05, 4.69) is 30.9 Å². The minimum absolute atomic E-state index is 0. The fourth-order valence-corrected chi connectivity index (χ4v) is 2.69. The van der Waals surface area contributed by atoms with Crippen molar-refractivity contribution in [2.75, 3.05) is 5.73 Å². The second kappa shape index (κ2) is 6.27. The molecule has 0 unspecified atom stereocenters. The van der Waals surface area contributed by atoms with E-state index < -0.39 is 0 Å². The molecule has 0 aromatic heterocycles. The molecule has 0 saturated carbocycles. The Labute approximate surface area is 111 Å². The van der Waals surface area contributed by atoms with Gasteiger partial charge in [-0.1, -0.05) is 18.6 Å². The van der Waals surface area contributed by atoms with Crippen molar-refractivity contribution in [3.8, 4) is 0 Å². The first-order valence-corrected chi connectivity index (χ1v) is 6.27. The van der Waals surface area contributed by atoms with Crippen molar-refractivity contribution < 1.29 is 0 Å². The molecular weight excluding hydrogens is 232 g/mol. The van der Waals surface area contributed by atoms with Crippen LogP contribution in [0.25, 0.3) is 0 Å². The molecule has 1 aromatic rings. The third-order valence-corrected chi connectivity index (χ3v) is 3.69. The molecule has 1 aliphatic heterocycles. The topological polar surface area (TPSA) is 29.3 Å². The first-order valence-electron chi connectivity index (χ1n) is 6.27. The number of benzene rings is 1. The first-order chi connectivity index (χ1) is 7.66. The average molecular weight is 255 g/mol. The van der Waals surface area contributed by atoms with E-state index in [1.807, 2.05) is 12.1 Å². The van der Waals surface area contributed by atoms with E-state index in [9.17, 15) is 0 Å². The predicted octanol–water partition coefficient (Wildman–Crippen LogP) is 3.45. The van der Waals surface area contributed by atoms with Gasteiger partial charge in [0.15, 0.2) is 0 Å². The lowest BCUT2D eigenvalue weighted by molar-refractivity contribution is 0.0953. The second-order valence-electron chi connectivity index (χ2n) is 5.05. The van der Waals surface area contributed by atoms with Gasteiger partial charge in [0.25, 0.3) is 0 Å². The van der Waals surface area contributed by atoms with Gasteiger partial charge in [-0.25, -0.2) is 0 Å². The van der Waals surface area contributed by atoms with Crippen LogP contribution >= 0.6 is 12.4 Å². The minimum Gasteiger partial charge on any atom is -0.399 e. The smallest absolute Gasteiger partial charge is 0.0317 e. The van der Waals surface area contributed by atoms with Crippen LogP contribution in [-0.2, 0) is 6.54 Å². The monoisotopic (exact) mass is 254 g/mol. The van der Waals surface area contributed by atoms with Gasteiger partial charge in [-0.2, -0.15) is 0 Å². The highest BCUT2D eigenvalue weighted by atomic mass is 35.5. The van der Waals surface area contributed by atoms with Crippen LogP contribution in [-0.4, -0.2) is 17.0 Å². The minimum atomic E-state index is 0. The molecule has 1 saturated heterocycles. The van der Waals surface area contributed by atoms with Gasteiger partial charge in [-0.15, -0.1) is 12.4 Å². The molecule has 1 heterocycles. The van der Waals surface area contributed by atoms with Gasteiger partial charge in [-0.3, -0.25) is 4.90 Å². The molecule has 0 radical (unpaired) electrons. The third kappa shape index (κ3) is 3.62. The van der Waals surface area contributed by atoms with Crippen LogP contribution in [0.15, 0.2) is 24.3 Å². The Morgan fingerprint density at radius 1 is 1.24 bits per heavy atom. The lowest BCUT2D eigenvalue weighted by atomic mass is 9.97. The van der Waals surface area contributed by atoms with E-state index in [4.69, 9.17) is 5.73 Å². The summed E-state index contributed by atoms with van der Waals surface area (Å²) in [4.78, 5) is 2.60. The van der Waals surface area contributed by atoms with Crippen molar-refractivity contribution in [1.82, 2.24) is 4.90 Å². The van der Waals surface area contributed by atoms with Gasteiger partial charge < -0.3 is 5.73 Å². The zero-order valence-electron chi connectivity index (χ0n) is 10.7. The summed E-state index contributed by atoms with van der Waals surface area (Å²) in [7, 11) is 0. The van der Waals surface area contributed by atoms with Crippen LogP contribution in [0, 0.1) is 0 Å². The zero-order valence-corrected chi connectivity index (χ0v) is 11.5. The summed E-state index contributed by atoms with van der Waals surface area (Å²) in [6.07, 6.45) is 4.02. The maximum atomic E-state index is 5.81. The van der Waals surface area contributed by atoms with Crippen LogP contribution in [0.3, 0.4) is 0 Å². The van der Waals surface area contributed by atoms with E-state index in [1.54, 1.807) is 0 Å². The molecule has 2 rings (SSSR count). The number of likely N-dealkylation sites (tertiary alicyclic amines) is 1. The molecule has 3 heteroatoms. The molecule has 2 atom stereocenters. The Hall–Kier alpha value is -0.730. The quantitative estimate of drug-likeness (QED) is 0.819. The number of anilines is 1. The van der Waals surface area contributed by atoms with Crippen LogP contribution in [0.4, 0.5) is 5.69 Å². The number of nitrogens with zero attached hydrogens (tertiary/aromatic N) is 1. The second-order valence-corrected chi connectivity index (χ2v) is 5.05. The summed E-state index contributed by atoms with van der Waals surface area (Å²) in [5.74, 6) is 0. The zero-order chi connectivity index (χ0) is 11.5. The highest BCUT2D eigenvalue weighted by Crippen LogP contribution is 2.24. The van der Waals surface area contributed by atoms with Crippen LogP contribution in [0.2, 0.25) is 0 Å². The Balaban J connectivity index is 0.00000144. The molecule has 0 spiro atoms. The number of piperidine rings is 1. The third-order valence-electron chi connectivity index (χ3n) is 3.69. The van der Waals surface area contributed by atoms with Gasteiger partial charge in [0.1, 0.15) is 0 Å². The average Bonchev–Trinajstić information content (AvgIpc) is 2.24. The summed E-state index contributed by atoms with van der Waals surface area (Å²) in [5, 5.41) is 0. The molecular formula is C14H23ClN2. The molecule has 96 valence electrons. The lowest BCUT2D eigenvalue weighted by Gasteiger charge is -2.39. The summed E-state index contributed by atoms with van der Waals surface area (Å²) in [6, 6.07) is 9.66. The van der Waals surface area contributed by atoms with Gasteiger partial charge in [0.05, 0.1) is 0 Å². The molecule has 1 fully saturated rings. The van der Waals surface area contributed by atoms with Crippen molar-refractivity contribution in [1.29, 1.82) is 0 Å². The molecule has 0 bridgehead atoms. The number of hydrogen-bond acceptors (Lipinski definition) is 2. The SMILES string of the molecule is C[C@@H]1CCC[C@H](C)N1Cc1cccc(N)c1.Cl. The fourth-order valence-electron chi connectivity index (χ4n) is 2.69. The summed E-state index contributed by atoms with van der Waals surface area (Å²) >= 11 is 0. The van der Waals surface area contributed by atoms with E-state index in [0.717, 1.165) is 12.2 Å². The Morgan fingerprint density at radius 3 is 2.47 bits per heavy atom. The Morgan fingerprint density at radius 2 is 1.88 bits per heavy atom. The summed E-state index contributed by atoms with van der Waals surface area (Å²) in [6.45, 7) is 5.71. The molecule has 1 aliphatic rings. The number of nitrogens with two attached hydrogens (primary N) is 1. The first kappa shape index (κ1) is 14.3. The van der Waals surface area contributed by atoms with E-state index >= 15 is 0 Å².